The molecule has 0 fully saturated rings. The zero-order chi connectivity index (χ0) is 15.6. The Balaban J connectivity index is 3.92. The van der Waals surface area contributed by atoms with Gasteiger partial charge in [0.05, 0.1) is 6.17 Å². The minimum atomic E-state index is 0.171. The van der Waals surface area contributed by atoms with Gasteiger partial charge in [-0.3, -0.25) is 10.6 Å². The van der Waals surface area contributed by atoms with Crippen LogP contribution in [0.1, 0.15) is 99.8 Å². The molecule has 0 atom stereocenters. The Labute approximate surface area is 128 Å². The summed E-state index contributed by atoms with van der Waals surface area (Å²) >= 11 is 0. The molecule has 2 nitrogen and oxygen atoms in total. The molecule has 2 N–H and O–H groups in total. The molecule has 0 aromatic carbocycles. The summed E-state index contributed by atoms with van der Waals surface area (Å²) in [6, 6.07) is 0. The molecule has 0 saturated heterocycles. The highest BCUT2D eigenvalue weighted by Crippen LogP contribution is 2.13. The van der Waals surface area contributed by atoms with Crippen LogP contribution in [0.2, 0.25) is 0 Å². The summed E-state index contributed by atoms with van der Waals surface area (Å²) in [7, 11) is 0. The number of rotatable bonds is 10. The molecule has 0 unspecified atom stereocenters. The van der Waals surface area contributed by atoms with Crippen LogP contribution in [0.15, 0.2) is 0 Å². The van der Waals surface area contributed by atoms with E-state index in [0.29, 0.717) is 6.17 Å². The van der Waals surface area contributed by atoms with E-state index in [2.05, 4.69) is 59.1 Å². The second-order valence-corrected chi connectivity index (χ2v) is 8.25. The van der Waals surface area contributed by atoms with E-state index >= 15 is 0 Å². The lowest BCUT2D eigenvalue weighted by Crippen LogP contribution is -2.56. The monoisotopic (exact) mass is 284 g/mol. The summed E-state index contributed by atoms with van der Waals surface area (Å²) < 4.78 is 0. The maximum atomic E-state index is 3.71. The molecule has 0 amide bonds. The van der Waals surface area contributed by atoms with Crippen LogP contribution >= 0.6 is 0 Å². The number of unbranched alkanes of at least 4 members (excludes halogenated alkanes) is 6. The van der Waals surface area contributed by atoms with E-state index in [0.717, 1.165) is 0 Å². The molecule has 0 radical (unpaired) electrons. The minimum Gasteiger partial charge on any atom is -0.297 e. The Morgan fingerprint density at radius 3 is 1.45 bits per heavy atom. The Kier molecular flexibility index (Phi) is 9.74. The van der Waals surface area contributed by atoms with Crippen LogP contribution < -0.4 is 10.6 Å². The van der Waals surface area contributed by atoms with Crippen LogP contribution in [-0.2, 0) is 0 Å². The minimum absolute atomic E-state index is 0.171. The molecule has 0 saturated carbocycles. The maximum absolute atomic E-state index is 3.71. The van der Waals surface area contributed by atoms with Crippen LogP contribution in [0.5, 0.6) is 0 Å². The van der Waals surface area contributed by atoms with Crippen molar-refractivity contribution in [2.75, 3.05) is 0 Å². The first-order valence-corrected chi connectivity index (χ1v) is 8.69. The van der Waals surface area contributed by atoms with Crippen molar-refractivity contribution in [3.8, 4) is 0 Å². The van der Waals surface area contributed by atoms with Crippen molar-refractivity contribution >= 4 is 0 Å². The smallest absolute Gasteiger partial charge is 0.0579 e. The summed E-state index contributed by atoms with van der Waals surface area (Å²) in [6.45, 7) is 15.7. The Morgan fingerprint density at radius 2 is 1.05 bits per heavy atom. The summed E-state index contributed by atoms with van der Waals surface area (Å²) in [5.41, 5.74) is 0.341. The highest BCUT2D eigenvalue weighted by Gasteiger charge is 2.21. The number of nitrogens with one attached hydrogen (secondary N) is 2. The fourth-order valence-corrected chi connectivity index (χ4v) is 2.53. The molecule has 2 heteroatoms. The third-order valence-corrected chi connectivity index (χ3v) is 3.31. The predicted molar refractivity (Wildman–Crippen MR) is 92.2 cm³/mol. The Morgan fingerprint density at radius 1 is 0.650 bits per heavy atom. The molecule has 0 aliphatic carbocycles. The second kappa shape index (κ2) is 9.78. The Hall–Kier alpha value is -0.0800. The van der Waals surface area contributed by atoms with Gasteiger partial charge in [0.1, 0.15) is 0 Å². The maximum Gasteiger partial charge on any atom is 0.0579 e. The lowest BCUT2D eigenvalue weighted by molar-refractivity contribution is 0.247. The van der Waals surface area contributed by atoms with Crippen molar-refractivity contribution < 1.29 is 0 Å². The first kappa shape index (κ1) is 19.9. The van der Waals surface area contributed by atoms with Crippen molar-refractivity contribution in [3.05, 3.63) is 0 Å². The first-order valence-electron chi connectivity index (χ1n) is 8.69. The second-order valence-electron chi connectivity index (χ2n) is 8.25. The van der Waals surface area contributed by atoms with Crippen molar-refractivity contribution in [3.63, 3.8) is 0 Å². The molecule has 0 heterocycles. The summed E-state index contributed by atoms with van der Waals surface area (Å²) in [6.07, 6.45) is 11.3. The Bertz CT molecular complexity index is 207. The van der Waals surface area contributed by atoms with Gasteiger partial charge in [-0.2, -0.15) is 0 Å². The fraction of sp³-hybridized carbons (Fsp3) is 1.00. The lowest BCUT2D eigenvalue weighted by atomic mass is 10.0. The topological polar surface area (TPSA) is 24.1 Å². The van der Waals surface area contributed by atoms with Gasteiger partial charge in [-0.1, -0.05) is 51.9 Å². The molecule has 0 rings (SSSR count). The summed E-state index contributed by atoms with van der Waals surface area (Å²) in [4.78, 5) is 0. The fourth-order valence-electron chi connectivity index (χ4n) is 2.53. The average Bonchev–Trinajstić information content (AvgIpc) is 2.23. The highest BCUT2D eigenvalue weighted by atomic mass is 15.2. The number of hydrogen-bond donors (Lipinski definition) is 2. The van der Waals surface area contributed by atoms with E-state index in [1.165, 1.54) is 51.4 Å². The van der Waals surface area contributed by atoms with Gasteiger partial charge in [0.2, 0.25) is 0 Å². The van der Waals surface area contributed by atoms with E-state index in [1.807, 2.05) is 0 Å². The van der Waals surface area contributed by atoms with Crippen LogP contribution in [0, 0.1) is 0 Å². The van der Waals surface area contributed by atoms with Crippen molar-refractivity contribution in [1.29, 1.82) is 0 Å². The highest BCUT2D eigenvalue weighted by molar-refractivity contribution is 4.82. The SMILES string of the molecule is CCCCCCCCCC(NC(C)(C)C)NC(C)(C)C. The molecule has 122 valence electrons. The van der Waals surface area contributed by atoms with Gasteiger partial charge in [0.25, 0.3) is 0 Å². The normalized spacial score (nSPS) is 13.2. The zero-order valence-electron chi connectivity index (χ0n) is 15.2. The van der Waals surface area contributed by atoms with Crippen LogP contribution in [0.25, 0.3) is 0 Å². The van der Waals surface area contributed by atoms with E-state index in [9.17, 15) is 0 Å². The van der Waals surface area contributed by atoms with Gasteiger partial charge >= 0.3 is 0 Å². The molecule has 0 aliphatic heterocycles. The van der Waals surface area contributed by atoms with Crippen LogP contribution in [-0.4, -0.2) is 17.2 Å². The largest absolute Gasteiger partial charge is 0.297 e. The molecular formula is C18H40N2. The third-order valence-electron chi connectivity index (χ3n) is 3.31. The molecule has 0 aromatic heterocycles. The van der Waals surface area contributed by atoms with Crippen molar-refractivity contribution in [1.82, 2.24) is 10.6 Å². The summed E-state index contributed by atoms with van der Waals surface area (Å²) in [5.74, 6) is 0. The zero-order valence-corrected chi connectivity index (χ0v) is 15.2. The molecule has 0 spiro atoms. The molecule has 0 aliphatic rings. The summed E-state index contributed by atoms with van der Waals surface area (Å²) in [5, 5.41) is 7.43. The third kappa shape index (κ3) is 14.3. The first-order chi connectivity index (χ1) is 9.14. The van der Waals surface area contributed by atoms with Crippen LogP contribution in [0.4, 0.5) is 0 Å². The standard InChI is InChI=1S/C18H40N2/c1-8-9-10-11-12-13-14-15-16(19-17(2,3)4)20-18(5,6)7/h16,19-20H,8-15H2,1-7H3. The molecule has 0 bridgehead atoms. The molecular weight excluding hydrogens is 244 g/mol. The van der Waals surface area contributed by atoms with Gasteiger partial charge in [-0.15, -0.1) is 0 Å². The van der Waals surface area contributed by atoms with Crippen LogP contribution in [0.3, 0.4) is 0 Å². The van der Waals surface area contributed by atoms with E-state index in [1.54, 1.807) is 0 Å². The number of hydrogen-bond acceptors (Lipinski definition) is 2. The molecule has 0 aromatic rings. The quantitative estimate of drug-likeness (QED) is 0.424. The van der Waals surface area contributed by atoms with Crippen molar-refractivity contribution in [2.24, 2.45) is 0 Å². The molecule has 20 heavy (non-hydrogen) atoms. The average molecular weight is 285 g/mol. The van der Waals surface area contributed by atoms with Gasteiger partial charge < -0.3 is 0 Å². The predicted octanol–water partition coefficient (Wildman–Crippen LogP) is 5.23. The van der Waals surface area contributed by atoms with Crippen molar-refractivity contribution in [2.45, 2.75) is 117 Å². The van der Waals surface area contributed by atoms with E-state index < -0.39 is 0 Å². The van der Waals surface area contributed by atoms with Gasteiger partial charge in [0, 0.05) is 11.1 Å². The van der Waals surface area contributed by atoms with Gasteiger partial charge in [0.15, 0.2) is 0 Å². The van der Waals surface area contributed by atoms with E-state index in [-0.39, 0.29) is 11.1 Å². The lowest BCUT2D eigenvalue weighted by Gasteiger charge is -2.34. The van der Waals surface area contributed by atoms with Gasteiger partial charge in [-0.05, 0) is 48.0 Å². The van der Waals surface area contributed by atoms with Gasteiger partial charge in [-0.25, -0.2) is 0 Å². The van der Waals surface area contributed by atoms with E-state index in [4.69, 9.17) is 0 Å².